The summed E-state index contributed by atoms with van der Waals surface area (Å²) >= 11 is 13.5. The Hall–Kier alpha value is -1.16. The molecule has 0 aliphatic heterocycles. The third-order valence-electron chi connectivity index (χ3n) is 3.09. The SMILES string of the molecule is Cc1cc(Cl)ccc1NC(=O)CCCSc1ccc(Cl)cc1. The molecule has 0 fully saturated rings. The molecule has 0 saturated heterocycles. The number of aryl methyl sites for hydroxylation is 1. The first-order valence-electron chi connectivity index (χ1n) is 6.99. The van der Waals surface area contributed by atoms with Crippen LogP contribution in [-0.4, -0.2) is 11.7 Å². The van der Waals surface area contributed by atoms with Crippen LogP contribution in [0.2, 0.25) is 10.0 Å². The summed E-state index contributed by atoms with van der Waals surface area (Å²) < 4.78 is 0. The highest BCUT2D eigenvalue weighted by atomic mass is 35.5. The Morgan fingerprint density at radius 2 is 1.77 bits per heavy atom. The van der Waals surface area contributed by atoms with E-state index in [-0.39, 0.29) is 5.91 Å². The van der Waals surface area contributed by atoms with Crippen molar-refractivity contribution in [3.05, 3.63) is 58.1 Å². The second kappa shape index (κ2) is 8.47. The van der Waals surface area contributed by atoms with Crippen LogP contribution in [0.5, 0.6) is 0 Å². The Bertz CT molecular complexity index is 644. The molecular formula is C17H17Cl2NOS. The monoisotopic (exact) mass is 353 g/mol. The molecule has 22 heavy (non-hydrogen) atoms. The van der Waals surface area contributed by atoms with Gasteiger partial charge in [0.2, 0.25) is 5.91 Å². The van der Waals surface area contributed by atoms with E-state index in [1.807, 2.05) is 43.3 Å². The molecule has 0 spiro atoms. The van der Waals surface area contributed by atoms with Crippen molar-refractivity contribution in [2.24, 2.45) is 0 Å². The maximum absolute atomic E-state index is 11.9. The Kier molecular flexibility index (Phi) is 6.62. The van der Waals surface area contributed by atoms with E-state index in [1.54, 1.807) is 17.8 Å². The van der Waals surface area contributed by atoms with Gasteiger partial charge in [-0.2, -0.15) is 0 Å². The van der Waals surface area contributed by atoms with Crippen LogP contribution >= 0.6 is 35.0 Å². The van der Waals surface area contributed by atoms with Crippen LogP contribution in [0.1, 0.15) is 18.4 Å². The highest BCUT2D eigenvalue weighted by Crippen LogP contribution is 2.22. The zero-order valence-corrected chi connectivity index (χ0v) is 14.6. The number of benzene rings is 2. The predicted octanol–water partition coefficient (Wildman–Crippen LogP) is 5.81. The number of nitrogens with one attached hydrogen (secondary N) is 1. The zero-order chi connectivity index (χ0) is 15.9. The van der Waals surface area contributed by atoms with Crippen molar-refractivity contribution in [2.45, 2.75) is 24.7 Å². The minimum absolute atomic E-state index is 0.0297. The number of amides is 1. The Morgan fingerprint density at radius 1 is 1.09 bits per heavy atom. The first kappa shape index (κ1) is 17.2. The highest BCUT2D eigenvalue weighted by molar-refractivity contribution is 7.99. The van der Waals surface area contributed by atoms with Gasteiger partial charge in [0, 0.05) is 27.0 Å². The van der Waals surface area contributed by atoms with Gasteiger partial charge in [0.25, 0.3) is 0 Å². The van der Waals surface area contributed by atoms with Crippen LogP contribution in [0.4, 0.5) is 5.69 Å². The number of carbonyl (C=O) groups excluding carboxylic acids is 1. The summed E-state index contributed by atoms with van der Waals surface area (Å²) in [6, 6.07) is 13.2. The van der Waals surface area contributed by atoms with E-state index in [1.165, 1.54) is 4.90 Å². The molecule has 2 aromatic rings. The van der Waals surface area contributed by atoms with E-state index < -0.39 is 0 Å². The van der Waals surface area contributed by atoms with Crippen molar-refractivity contribution in [3.8, 4) is 0 Å². The molecule has 0 aliphatic carbocycles. The molecule has 1 N–H and O–H groups in total. The summed E-state index contributed by atoms with van der Waals surface area (Å²) in [5, 5.41) is 4.33. The Labute approximate surface area is 145 Å². The molecule has 0 unspecified atom stereocenters. The van der Waals surface area contributed by atoms with Gasteiger partial charge in [-0.1, -0.05) is 23.2 Å². The number of anilines is 1. The molecule has 5 heteroatoms. The van der Waals surface area contributed by atoms with Gasteiger partial charge in [0.05, 0.1) is 0 Å². The van der Waals surface area contributed by atoms with Crippen LogP contribution < -0.4 is 5.32 Å². The quantitative estimate of drug-likeness (QED) is 0.524. The lowest BCUT2D eigenvalue weighted by molar-refractivity contribution is -0.116. The van der Waals surface area contributed by atoms with Gasteiger partial charge < -0.3 is 5.32 Å². The first-order valence-corrected chi connectivity index (χ1v) is 8.73. The van der Waals surface area contributed by atoms with Gasteiger partial charge >= 0.3 is 0 Å². The summed E-state index contributed by atoms with van der Waals surface area (Å²) in [5.41, 5.74) is 1.79. The van der Waals surface area contributed by atoms with E-state index in [4.69, 9.17) is 23.2 Å². The number of halogens is 2. The fraction of sp³-hybridized carbons (Fsp3) is 0.235. The largest absolute Gasteiger partial charge is 0.326 e. The van der Waals surface area contributed by atoms with Crippen molar-refractivity contribution < 1.29 is 4.79 Å². The van der Waals surface area contributed by atoms with E-state index in [2.05, 4.69) is 5.32 Å². The number of hydrogen-bond donors (Lipinski definition) is 1. The molecule has 2 aromatic carbocycles. The number of rotatable bonds is 6. The topological polar surface area (TPSA) is 29.1 Å². The third kappa shape index (κ3) is 5.56. The lowest BCUT2D eigenvalue weighted by Gasteiger charge is -2.08. The minimum Gasteiger partial charge on any atom is -0.326 e. The molecule has 0 saturated carbocycles. The van der Waals surface area contributed by atoms with Crippen LogP contribution in [-0.2, 0) is 4.79 Å². The first-order chi connectivity index (χ1) is 10.5. The molecule has 0 aliphatic rings. The average Bonchev–Trinajstić information content (AvgIpc) is 2.48. The number of carbonyl (C=O) groups is 1. The molecular weight excluding hydrogens is 337 g/mol. The van der Waals surface area contributed by atoms with Crippen molar-refractivity contribution in [1.29, 1.82) is 0 Å². The molecule has 2 rings (SSSR count). The van der Waals surface area contributed by atoms with Crippen LogP contribution in [0.15, 0.2) is 47.4 Å². The smallest absolute Gasteiger partial charge is 0.224 e. The lowest BCUT2D eigenvalue weighted by Crippen LogP contribution is -2.12. The molecule has 0 atom stereocenters. The second-order valence-corrected chi connectivity index (χ2v) is 6.95. The van der Waals surface area contributed by atoms with Crippen molar-refractivity contribution in [2.75, 3.05) is 11.1 Å². The van der Waals surface area contributed by atoms with Gasteiger partial charge in [0.15, 0.2) is 0 Å². The minimum atomic E-state index is 0.0297. The van der Waals surface area contributed by atoms with Gasteiger partial charge in [-0.3, -0.25) is 4.79 Å². The highest BCUT2D eigenvalue weighted by Gasteiger charge is 2.05. The molecule has 0 bridgehead atoms. The third-order valence-corrected chi connectivity index (χ3v) is 4.68. The average molecular weight is 354 g/mol. The molecule has 0 radical (unpaired) electrons. The van der Waals surface area contributed by atoms with E-state index >= 15 is 0 Å². The van der Waals surface area contributed by atoms with Crippen molar-refractivity contribution in [3.63, 3.8) is 0 Å². The summed E-state index contributed by atoms with van der Waals surface area (Å²) in [6.07, 6.45) is 1.33. The van der Waals surface area contributed by atoms with Crippen LogP contribution in [0.3, 0.4) is 0 Å². The zero-order valence-electron chi connectivity index (χ0n) is 12.2. The maximum atomic E-state index is 11.9. The van der Waals surface area contributed by atoms with Gasteiger partial charge in [-0.15, -0.1) is 11.8 Å². The van der Waals surface area contributed by atoms with Crippen molar-refractivity contribution >= 4 is 46.6 Å². The van der Waals surface area contributed by atoms with E-state index in [9.17, 15) is 4.79 Å². The second-order valence-electron chi connectivity index (χ2n) is 4.91. The Balaban J connectivity index is 1.72. The summed E-state index contributed by atoms with van der Waals surface area (Å²) in [6.45, 7) is 1.93. The normalized spacial score (nSPS) is 10.5. The molecule has 1 amide bonds. The fourth-order valence-electron chi connectivity index (χ4n) is 1.93. The van der Waals surface area contributed by atoms with Crippen molar-refractivity contribution in [1.82, 2.24) is 0 Å². The standard InChI is InChI=1S/C17H17Cl2NOS/c1-12-11-14(19)6-9-16(12)20-17(21)3-2-10-22-15-7-4-13(18)5-8-15/h4-9,11H,2-3,10H2,1H3,(H,20,21). The summed E-state index contributed by atoms with van der Waals surface area (Å²) in [5.74, 6) is 0.927. The lowest BCUT2D eigenvalue weighted by atomic mass is 10.2. The Morgan fingerprint density at radius 3 is 2.45 bits per heavy atom. The molecule has 116 valence electrons. The fourth-order valence-corrected chi connectivity index (χ4v) is 3.14. The maximum Gasteiger partial charge on any atom is 0.224 e. The summed E-state index contributed by atoms with van der Waals surface area (Å²) in [4.78, 5) is 13.1. The molecule has 0 heterocycles. The predicted molar refractivity (Wildman–Crippen MR) is 96.2 cm³/mol. The number of thioether (sulfide) groups is 1. The van der Waals surface area contributed by atoms with Crippen LogP contribution in [0.25, 0.3) is 0 Å². The van der Waals surface area contributed by atoms with E-state index in [0.717, 1.165) is 28.4 Å². The number of hydrogen-bond acceptors (Lipinski definition) is 2. The van der Waals surface area contributed by atoms with Crippen LogP contribution in [0, 0.1) is 6.92 Å². The van der Waals surface area contributed by atoms with E-state index in [0.29, 0.717) is 11.4 Å². The molecule has 0 aromatic heterocycles. The molecule has 2 nitrogen and oxygen atoms in total. The van der Waals surface area contributed by atoms with Gasteiger partial charge in [-0.25, -0.2) is 0 Å². The van der Waals surface area contributed by atoms with Gasteiger partial charge in [0.1, 0.15) is 0 Å². The summed E-state index contributed by atoms with van der Waals surface area (Å²) in [7, 11) is 0. The van der Waals surface area contributed by atoms with Gasteiger partial charge in [-0.05, 0) is 67.1 Å².